The van der Waals surface area contributed by atoms with Crippen molar-refractivity contribution in [3.63, 3.8) is 0 Å². The van der Waals surface area contributed by atoms with Crippen LogP contribution in [0.4, 0.5) is 10.6 Å². The van der Waals surface area contributed by atoms with E-state index in [1.54, 1.807) is 30.0 Å². The third-order valence-electron chi connectivity index (χ3n) is 5.02. The topological polar surface area (TPSA) is 94.7 Å². The van der Waals surface area contributed by atoms with Gasteiger partial charge in [-0.2, -0.15) is 4.98 Å². The monoisotopic (exact) mass is 406 g/mol. The number of imidazole rings is 1. The van der Waals surface area contributed by atoms with Gasteiger partial charge in [-0.1, -0.05) is 0 Å². The number of aromatic nitrogens is 4. The predicted octanol–water partition coefficient (Wildman–Crippen LogP) is 1.13. The molecule has 2 aromatic heterocycles. The lowest BCUT2D eigenvalue weighted by molar-refractivity contribution is 0.00896. The number of methoxy groups -OCH3 is 1. The molecular formula is C19H30N6O4. The molecule has 3 rings (SSSR count). The third kappa shape index (κ3) is 4.07. The van der Waals surface area contributed by atoms with Crippen molar-refractivity contribution in [3.05, 3.63) is 16.8 Å². The maximum atomic E-state index is 12.7. The molecule has 0 aromatic carbocycles. The molecule has 0 radical (unpaired) electrons. The first-order valence-electron chi connectivity index (χ1n) is 9.66. The summed E-state index contributed by atoms with van der Waals surface area (Å²) in [6, 6.07) is -0.323. The SMILES string of the molecule is COC[C@H]1CN(C(=O)OC(C)(C)C)[C@H](C)CN1c1nc(=O)n(C)c2c1ncn2C. The summed E-state index contributed by atoms with van der Waals surface area (Å²) in [5.41, 5.74) is 0.416. The molecule has 0 spiro atoms. The minimum Gasteiger partial charge on any atom is -0.444 e. The summed E-state index contributed by atoms with van der Waals surface area (Å²) in [5, 5.41) is 0. The highest BCUT2D eigenvalue weighted by Crippen LogP contribution is 2.27. The molecule has 0 N–H and O–H groups in total. The molecule has 1 saturated heterocycles. The molecule has 1 aliphatic rings. The van der Waals surface area contributed by atoms with Gasteiger partial charge in [0.15, 0.2) is 5.82 Å². The summed E-state index contributed by atoms with van der Waals surface area (Å²) in [7, 11) is 5.13. The van der Waals surface area contributed by atoms with Crippen LogP contribution >= 0.6 is 0 Å². The fraction of sp³-hybridized carbons (Fsp3) is 0.684. The van der Waals surface area contributed by atoms with Crippen LogP contribution in [-0.4, -0.2) is 74.6 Å². The Bertz CT molecular complexity index is 960. The average molecular weight is 406 g/mol. The second-order valence-corrected chi connectivity index (χ2v) is 8.55. The van der Waals surface area contributed by atoms with Crippen molar-refractivity contribution in [2.24, 2.45) is 14.1 Å². The summed E-state index contributed by atoms with van der Waals surface area (Å²) in [5.74, 6) is 0.515. The fourth-order valence-electron chi connectivity index (χ4n) is 3.69. The van der Waals surface area contributed by atoms with E-state index in [0.29, 0.717) is 36.7 Å². The smallest absolute Gasteiger partial charge is 0.410 e. The molecule has 0 unspecified atom stereocenters. The highest BCUT2D eigenvalue weighted by atomic mass is 16.6. The Morgan fingerprint density at radius 2 is 1.97 bits per heavy atom. The maximum absolute atomic E-state index is 12.7. The minimum atomic E-state index is -0.571. The molecule has 0 bridgehead atoms. The average Bonchev–Trinajstić information content (AvgIpc) is 3.00. The van der Waals surface area contributed by atoms with Crippen molar-refractivity contribution in [1.82, 2.24) is 24.0 Å². The standard InChI is InChI=1S/C19H30N6O4/c1-12-8-25(13(10-28-7)9-24(12)18(27)29-19(2,3)4)15-14-16(22(5)11-20-14)23(6)17(26)21-15/h11-13H,8-10H2,1-7H3/t12-,13-/m1/s1. The van der Waals surface area contributed by atoms with Gasteiger partial charge >= 0.3 is 11.8 Å². The summed E-state index contributed by atoms with van der Waals surface area (Å²) in [4.78, 5) is 37.7. The summed E-state index contributed by atoms with van der Waals surface area (Å²) in [6.07, 6.45) is 1.31. The van der Waals surface area contributed by atoms with Crippen molar-refractivity contribution in [1.29, 1.82) is 0 Å². The second-order valence-electron chi connectivity index (χ2n) is 8.55. The predicted molar refractivity (Wildman–Crippen MR) is 109 cm³/mol. The van der Waals surface area contributed by atoms with Crippen LogP contribution in [0.1, 0.15) is 27.7 Å². The highest BCUT2D eigenvalue weighted by molar-refractivity contribution is 5.84. The van der Waals surface area contributed by atoms with Gasteiger partial charge in [-0.05, 0) is 27.7 Å². The van der Waals surface area contributed by atoms with Gasteiger partial charge in [0.1, 0.15) is 16.8 Å². The second kappa shape index (κ2) is 7.66. The van der Waals surface area contributed by atoms with Gasteiger partial charge in [0.05, 0.1) is 19.0 Å². The Labute approximate surface area is 170 Å². The first kappa shape index (κ1) is 21.1. The lowest BCUT2D eigenvalue weighted by atomic mass is 10.1. The van der Waals surface area contributed by atoms with E-state index in [1.807, 2.05) is 39.6 Å². The zero-order valence-corrected chi connectivity index (χ0v) is 18.2. The molecule has 1 aliphatic heterocycles. The van der Waals surface area contributed by atoms with Crippen LogP contribution in [0.5, 0.6) is 0 Å². The van der Waals surface area contributed by atoms with Gasteiger partial charge in [0.2, 0.25) is 0 Å². The molecule has 1 fully saturated rings. The Hall–Kier alpha value is -2.62. The van der Waals surface area contributed by atoms with Gasteiger partial charge in [-0.25, -0.2) is 14.6 Å². The molecular weight excluding hydrogens is 376 g/mol. The van der Waals surface area contributed by atoms with Crippen molar-refractivity contribution < 1.29 is 14.3 Å². The maximum Gasteiger partial charge on any atom is 0.410 e. The summed E-state index contributed by atoms with van der Waals surface area (Å²) < 4.78 is 14.3. The van der Waals surface area contributed by atoms with Crippen molar-refractivity contribution in [2.45, 2.75) is 45.4 Å². The number of hydrogen-bond donors (Lipinski definition) is 0. The number of nitrogens with zero attached hydrogens (tertiary/aromatic N) is 6. The van der Waals surface area contributed by atoms with E-state index in [9.17, 15) is 9.59 Å². The molecule has 3 heterocycles. The Morgan fingerprint density at radius 3 is 2.59 bits per heavy atom. The number of aryl methyl sites for hydroxylation is 2. The molecule has 2 atom stereocenters. The number of hydrogen-bond acceptors (Lipinski definition) is 7. The van der Waals surface area contributed by atoms with Gasteiger partial charge < -0.3 is 23.8 Å². The van der Waals surface area contributed by atoms with E-state index in [-0.39, 0.29) is 23.9 Å². The first-order valence-corrected chi connectivity index (χ1v) is 9.66. The van der Waals surface area contributed by atoms with Crippen LogP contribution in [0.25, 0.3) is 11.2 Å². The van der Waals surface area contributed by atoms with E-state index in [2.05, 4.69) is 9.97 Å². The highest BCUT2D eigenvalue weighted by Gasteiger charge is 2.38. The number of piperazine rings is 1. The zero-order valence-electron chi connectivity index (χ0n) is 18.2. The first-order chi connectivity index (χ1) is 13.5. The van der Waals surface area contributed by atoms with Crippen molar-refractivity contribution in [2.75, 3.05) is 31.7 Å². The number of carbonyl (C=O) groups excluding carboxylic acids is 1. The van der Waals surface area contributed by atoms with Gasteiger partial charge in [-0.15, -0.1) is 0 Å². The normalized spacial score (nSPS) is 20.4. The Balaban J connectivity index is 1.99. The van der Waals surface area contributed by atoms with Gasteiger partial charge in [0, 0.05) is 40.3 Å². The minimum absolute atomic E-state index is 0.137. The molecule has 29 heavy (non-hydrogen) atoms. The molecule has 1 amide bonds. The summed E-state index contributed by atoms with van der Waals surface area (Å²) in [6.45, 7) is 8.75. The fourth-order valence-corrected chi connectivity index (χ4v) is 3.69. The molecule has 0 aliphatic carbocycles. The van der Waals surface area contributed by atoms with E-state index in [1.165, 1.54) is 4.57 Å². The number of rotatable bonds is 3. The number of anilines is 1. The van der Waals surface area contributed by atoms with E-state index in [4.69, 9.17) is 9.47 Å². The lowest BCUT2D eigenvalue weighted by Crippen LogP contribution is -2.61. The van der Waals surface area contributed by atoms with Crippen LogP contribution in [0.2, 0.25) is 0 Å². The zero-order chi connectivity index (χ0) is 21.5. The third-order valence-corrected chi connectivity index (χ3v) is 5.02. The van der Waals surface area contributed by atoms with E-state index >= 15 is 0 Å². The number of carbonyl (C=O) groups is 1. The van der Waals surface area contributed by atoms with Crippen LogP contribution in [0.3, 0.4) is 0 Å². The number of fused-ring (bicyclic) bond motifs is 1. The largest absolute Gasteiger partial charge is 0.444 e. The Kier molecular flexibility index (Phi) is 5.57. The van der Waals surface area contributed by atoms with Crippen LogP contribution < -0.4 is 10.6 Å². The molecule has 2 aromatic rings. The molecule has 160 valence electrons. The van der Waals surface area contributed by atoms with Crippen LogP contribution in [0.15, 0.2) is 11.1 Å². The van der Waals surface area contributed by atoms with Crippen LogP contribution in [0, 0.1) is 0 Å². The summed E-state index contributed by atoms with van der Waals surface area (Å²) >= 11 is 0. The van der Waals surface area contributed by atoms with E-state index < -0.39 is 5.60 Å². The molecule has 10 nitrogen and oxygen atoms in total. The van der Waals surface area contributed by atoms with Gasteiger partial charge in [0.25, 0.3) is 0 Å². The van der Waals surface area contributed by atoms with E-state index in [0.717, 1.165) is 0 Å². The van der Waals surface area contributed by atoms with Crippen molar-refractivity contribution in [3.8, 4) is 0 Å². The number of ether oxygens (including phenoxy) is 2. The number of amides is 1. The Morgan fingerprint density at radius 1 is 1.28 bits per heavy atom. The molecule has 0 saturated carbocycles. The van der Waals surface area contributed by atoms with Gasteiger partial charge in [-0.3, -0.25) is 4.57 Å². The quantitative estimate of drug-likeness (QED) is 0.754. The van der Waals surface area contributed by atoms with Crippen LogP contribution in [-0.2, 0) is 23.6 Å². The van der Waals surface area contributed by atoms with Crippen molar-refractivity contribution >= 4 is 23.1 Å². The lowest BCUT2D eigenvalue weighted by Gasteiger charge is -2.45. The molecule has 10 heteroatoms.